The second-order valence-corrected chi connectivity index (χ2v) is 8.16. The van der Waals surface area contributed by atoms with Crippen LogP contribution in [0.4, 0.5) is 22.0 Å². The summed E-state index contributed by atoms with van der Waals surface area (Å²) in [5.41, 5.74) is -1.53. The van der Waals surface area contributed by atoms with E-state index in [0.717, 1.165) is 24.3 Å². The number of hydrogen-bond donors (Lipinski definition) is 3. The normalized spacial score (nSPS) is 17.8. The van der Waals surface area contributed by atoms with Gasteiger partial charge >= 0.3 is 0 Å². The standard InChI is InChI=1S/C23H16F5N3O4/c1-31(22(33)16-3-8-2-12(24)11(20(27)28)6-15(8)29-16)17-7-35-23(34)19-18(17)9-4-13(25)14(26)5-10(9)21(32)30-19/h2-6,17,20,23,29,34H,7H2,1H3,(H,30,32)/t17-,23-/m1/s1. The Kier molecular flexibility index (Phi) is 5.37. The van der Waals surface area contributed by atoms with Gasteiger partial charge in [-0.2, -0.15) is 0 Å². The van der Waals surface area contributed by atoms with Crippen LogP contribution in [0.3, 0.4) is 0 Å². The number of alkyl halides is 2. The summed E-state index contributed by atoms with van der Waals surface area (Å²) in [5, 5.41) is 10.2. The predicted octanol–water partition coefficient (Wildman–Crippen LogP) is 4.20. The Bertz CT molecular complexity index is 1560. The summed E-state index contributed by atoms with van der Waals surface area (Å²) in [6.45, 7) is -0.263. The van der Waals surface area contributed by atoms with Crippen LogP contribution in [0.2, 0.25) is 0 Å². The van der Waals surface area contributed by atoms with Crippen molar-refractivity contribution in [2.45, 2.75) is 18.8 Å². The molecule has 0 aliphatic carbocycles. The lowest BCUT2D eigenvalue weighted by Crippen LogP contribution is -2.39. The zero-order chi connectivity index (χ0) is 25.2. The van der Waals surface area contributed by atoms with E-state index in [1.54, 1.807) is 0 Å². The maximum atomic E-state index is 14.1. The molecule has 12 heteroatoms. The molecule has 0 spiro atoms. The van der Waals surface area contributed by atoms with E-state index < -0.39 is 53.2 Å². The highest BCUT2D eigenvalue weighted by Crippen LogP contribution is 2.38. The molecule has 3 heterocycles. The molecule has 5 rings (SSSR count). The summed E-state index contributed by atoms with van der Waals surface area (Å²) in [4.78, 5) is 31.9. The minimum atomic E-state index is -3.05. The number of carbonyl (C=O) groups is 1. The molecule has 1 amide bonds. The van der Waals surface area contributed by atoms with Crippen LogP contribution in [0.25, 0.3) is 21.7 Å². The van der Waals surface area contributed by atoms with Gasteiger partial charge in [-0.1, -0.05) is 0 Å². The van der Waals surface area contributed by atoms with Gasteiger partial charge in [0, 0.05) is 23.5 Å². The summed E-state index contributed by atoms with van der Waals surface area (Å²) in [6, 6.07) is 3.64. The third-order valence-corrected chi connectivity index (χ3v) is 6.12. The van der Waals surface area contributed by atoms with Gasteiger partial charge in [0.25, 0.3) is 17.9 Å². The fraction of sp³-hybridized carbons (Fsp3) is 0.217. The van der Waals surface area contributed by atoms with Crippen molar-refractivity contribution in [2.24, 2.45) is 0 Å². The molecule has 0 radical (unpaired) electrons. The number of aromatic amines is 2. The molecule has 1 aliphatic heterocycles. The van der Waals surface area contributed by atoms with Gasteiger partial charge in [-0.05, 0) is 35.7 Å². The lowest BCUT2D eigenvalue weighted by atomic mass is 9.94. The van der Waals surface area contributed by atoms with E-state index >= 15 is 0 Å². The number of amides is 1. The Hall–Kier alpha value is -3.77. The van der Waals surface area contributed by atoms with E-state index in [0.29, 0.717) is 0 Å². The van der Waals surface area contributed by atoms with Crippen molar-refractivity contribution in [3.05, 3.63) is 80.7 Å². The van der Waals surface area contributed by atoms with E-state index in [1.807, 2.05) is 0 Å². The Labute approximate surface area is 192 Å². The highest BCUT2D eigenvalue weighted by atomic mass is 19.3. The van der Waals surface area contributed by atoms with Crippen molar-refractivity contribution >= 4 is 27.6 Å². The number of H-pyrrole nitrogens is 2. The van der Waals surface area contributed by atoms with Gasteiger partial charge in [0.05, 0.1) is 29.3 Å². The number of fused-ring (bicyclic) bond motifs is 4. The topological polar surface area (TPSA) is 98.4 Å². The molecular weight excluding hydrogens is 477 g/mol. The third kappa shape index (κ3) is 3.65. The molecule has 35 heavy (non-hydrogen) atoms. The lowest BCUT2D eigenvalue weighted by Gasteiger charge is -2.35. The molecule has 1 aliphatic rings. The van der Waals surface area contributed by atoms with Crippen LogP contribution in [0, 0.1) is 17.5 Å². The van der Waals surface area contributed by atoms with Gasteiger partial charge in [0.15, 0.2) is 17.9 Å². The number of nitrogens with zero attached hydrogens (tertiary/aromatic N) is 1. The molecule has 2 atom stereocenters. The summed E-state index contributed by atoms with van der Waals surface area (Å²) >= 11 is 0. The van der Waals surface area contributed by atoms with Gasteiger partial charge < -0.3 is 24.7 Å². The van der Waals surface area contributed by atoms with Gasteiger partial charge in [-0.25, -0.2) is 22.0 Å². The first-order valence-corrected chi connectivity index (χ1v) is 10.3. The number of rotatable bonds is 3. The molecule has 7 nitrogen and oxygen atoms in total. The van der Waals surface area contributed by atoms with Crippen molar-refractivity contribution in [1.82, 2.24) is 14.9 Å². The van der Waals surface area contributed by atoms with E-state index in [9.17, 15) is 36.6 Å². The zero-order valence-corrected chi connectivity index (χ0v) is 17.8. The Balaban J connectivity index is 1.60. The zero-order valence-electron chi connectivity index (χ0n) is 17.8. The average molecular weight is 493 g/mol. The molecule has 0 saturated heterocycles. The highest BCUT2D eigenvalue weighted by molar-refractivity contribution is 5.98. The van der Waals surface area contributed by atoms with Crippen LogP contribution in [0.1, 0.15) is 46.1 Å². The molecular formula is C23H16F5N3O4. The van der Waals surface area contributed by atoms with E-state index in [1.165, 1.54) is 18.0 Å². The molecule has 0 saturated carbocycles. The molecule has 2 aromatic heterocycles. The van der Waals surface area contributed by atoms with Crippen molar-refractivity contribution in [2.75, 3.05) is 13.7 Å². The molecule has 4 aromatic rings. The van der Waals surface area contributed by atoms with Crippen LogP contribution < -0.4 is 5.56 Å². The van der Waals surface area contributed by atoms with Crippen molar-refractivity contribution in [1.29, 1.82) is 0 Å². The summed E-state index contributed by atoms with van der Waals surface area (Å²) in [5.74, 6) is -4.26. The van der Waals surface area contributed by atoms with Crippen molar-refractivity contribution in [3.8, 4) is 0 Å². The first-order valence-electron chi connectivity index (χ1n) is 10.3. The Morgan fingerprint density at radius 1 is 1.06 bits per heavy atom. The number of aliphatic hydroxyl groups excluding tert-OH is 1. The van der Waals surface area contributed by atoms with Crippen LogP contribution >= 0.6 is 0 Å². The Morgan fingerprint density at radius 3 is 2.43 bits per heavy atom. The van der Waals surface area contributed by atoms with Crippen LogP contribution in [0.15, 0.2) is 35.1 Å². The summed E-state index contributed by atoms with van der Waals surface area (Å²) < 4.78 is 73.2. The lowest BCUT2D eigenvalue weighted by molar-refractivity contribution is -0.129. The van der Waals surface area contributed by atoms with Gasteiger partial charge in [-0.3, -0.25) is 9.59 Å². The number of nitrogens with one attached hydrogen (secondary N) is 2. The third-order valence-electron chi connectivity index (χ3n) is 6.12. The molecule has 0 bridgehead atoms. The van der Waals surface area contributed by atoms with Crippen LogP contribution in [0.5, 0.6) is 0 Å². The fourth-order valence-corrected chi connectivity index (χ4v) is 4.35. The second kappa shape index (κ2) is 8.17. The fourth-order valence-electron chi connectivity index (χ4n) is 4.35. The number of benzene rings is 2. The minimum Gasteiger partial charge on any atom is -0.363 e. The van der Waals surface area contributed by atoms with Crippen LogP contribution in [-0.2, 0) is 4.74 Å². The first kappa shape index (κ1) is 23.0. The largest absolute Gasteiger partial charge is 0.363 e. The number of hydrogen-bond acceptors (Lipinski definition) is 4. The number of ether oxygens (including phenoxy) is 1. The number of aromatic nitrogens is 2. The number of pyridine rings is 1. The van der Waals surface area contributed by atoms with E-state index in [-0.39, 0.29) is 45.2 Å². The van der Waals surface area contributed by atoms with Gasteiger partial charge in [0.2, 0.25) is 0 Å². The molecule has 3 N–H and O–H groups in total. The maximum Gasteiger partial charge on any atom is 0.270 e. The minimum absolute atomic E-state index is 0.0186. The average Bonchev–Trinajstić information content (AvgIpc) is 3.22. The quantitative estimate of drug-likeness (QED) is 0.373. The molecule has 0 unspecified atom stereocenters. The Morgan fingerprint density at radius 2 is 1.74 bits per heavy atom. The number of likely N-dealkylation sites (N-methyl/N-ethyl adjacent to an activating group) is 1. The molecule has 182 valence electrons. The summed E-state index contributed by atoms with van der Waals surface area (Å²) in [7, 11) is 1.37. The van der Waals surface area contributed by atoms with Crippen molar-refractivity contribution < 1.29 is 36.6 Å². The highest BCUT2D eigenvalue weighted by Gasteiger charge is 2.35. The molecule has 0 fully saturated rings. The van der Waals surface area contributed by atoms with E-state index in [4.69, 9.17) is 4.74 Å². The number of aliphatic hydroxyl groups is 1. The first-order chi connectivity index (χ1) is 16.6. The SMILES string of the molecule is CN(C(=O)c1cc2cc(F)c(C(F)F)cc2[nH]1)[C@@H]1CO[C@@H](O)c2[nH]c(=O)c3cc(F)c(F)cc3c21. The number of halogens is 5. The van der Waals surface area contributed by atoms with Gasteiger partial charge in [-0.15, -0.1) is 0 Å². The van der Waals surface area contributed by atoms with Crippen LogP contribution in [-0.4, -0.2) is 39.5 Å². The van der Waals surface area contributed by atoms with Crippen molar-refractivity contribution in [3.63, 3.8) is 0 Å². The maximum absolute atomic E-state index is 14.1. The predicted molar refractivity (Wildman–Crippen MR) is 113 cm³/mol. The monoisotopic (exact) mass is 493 g/mol. The summed E-state index contributed by atoms with van der Waals surface area (Å²) in [6.07, 6.45) is -4.63. The second-order valence-electron chi connectivity index (χ2n) is 8.16. The van der Waals surface area contributed by atoms with Gasteiger partial charge in [0.1, 0.15) is 11.5 Å². The smallest absolute Gasteiger partial charge is 0.270 e. The van der Waals surface area contributed by atoms with E-state index in [2.05, 4.69) is 9.97 Å². The molecule has 2 aromatic carbocycles. The number of carbonyl (C=O) groups excluding carboxylic acids is 1.